The maximum absolute atomic E-state index is 13.1. The summed E-state index contributed by atoms with van der Waals surface area (Å²) in [4.78, 5) is 12.3. The van der Waals surface area contributed by atoms with E-state index in [2.05, 4.69) is 5.32 Å². The molecule has 0 unspecified atom stereocenters. The molecule has 10 heteroatoms. The van der Waals surface area contributed by atoms with Gasteiger partial charge in [-0.3, -0.25) is 4.79 Å². The zero-order valence-electron chi connectivity index (χ0n) is 14.2. The van der Waals surface area contributed by atoms with Crippen molar-refractivity contribution >= 4 is 23.2 Å². The fraction of sp³-hybridized carbons (Fsp3) is 0.105. The molecule has 0 aliphatic rings. The maximum atomic E-state index is 13.1. The van der Waals surface area contributed by atoms with Crippen LogP contribution in [0.25, 0.3) is 11.3 Å². The van der Waals surface area contributed by atoms with Crippen LogP contribution in [0.15, 0.2) is 59.0 Å². The van der Waals surface area contributed by atoms with Crippen LogP contribution >= 0.6 is 11.6 Å². The van der Waals surface area contributed by atoms with Crippen molar-refractivity contribution in [2.45, 2.75) is 12.4 Å². The average Bonchev–Trinajstić information content (AvgIpc) is 3.12. The van der Waals surface area contributed by atoms with Crippen LogP contribution in [0.1, 0.15) is 21.7 Å². The molecule has 0 saturated heterocycles. The summed E-state index contributed by atoms with van der Waals surface area (Å²) < 4.78 is 83.1. The summed E-state index contributed by atoms with van der Waals surface area (Å²) in [5, 5.41) is 2.01. The number of furan rings is 1. The number of anilines is 1. The van der Waals surface area contributed by atoms with Gasteiger partial charge in [-0.2, -0.15) is 26.3 Å². The Bertz CT molecular complexity index is 1060. The molecule has 2 aromatic carbocycles. The predicted octanol–water partition coefficient (Wildman–Crippen LogP) is 6.89. The van der Waals surface area contributed by atoms with E-state index < -0.39 is 35.1 Å². The monoisotopic (exact) mass is 433 g/mol. The van der Waals surface area contributed by atoms with Crippen LogP contribution in [0, 0.1) is 0 Å². The third kappa shape index (κ3) is 4.56. The van der Waals surface area contributed by atoms with Gasteiger partial charge in [0.2, 0.25) is 0 Å². The summed E-state index contributed by atoms with van der Waals surface area (Å²) in [6, 6.07) is 9.24. The van der Waals surface area contributed by atoms with E-state index in [9.17, 15) is 31.1 Å². The van der Waals surface area contributed by atoms with Gasteiger partial charge in [-0.05, 0) is 36.4 Å². The quantitative estimate of drug-likeness (QED) is 0.457. The van der Waals surface area contributed by atoms with Gasteiger partial charge in [0.05, 0.1) is 21.8 Å². The van der Waals surface area contributed by atoms with E-state index in [1.54, 1.807) is 0 Å². The first-order chi connectivity index (χ1) is 13.5. The lowest BCUT2D eigenvalue weighted by atomic mass is 10.1. The number of rotatable bonds is 3. The van der Waals surface area contributed by atoms with Gasteiger partial charge in [-0.15, -0.1) is 0 Å². The smallest absolute Gasteiger partial charge is 0.417 e. The molecule has 1 amide bonds. The van der Waals surface area contributed by atoms with Gasteiger partial charge < -0.3 is 9.73 Å². The molecule has 0 saturated carbocycles. The molecule has 0 fully saturated rings. The second-order valence-electron chi connectivity index (χ2n) is 5.85. The average molecular weight is 434 g/mol. The largest absolute Gasteiger partial charge is 0.451 e. The third-order valence-corrected chi connectivity index (χ3v) is 4.20. The topological polar surface area (TPSA) is 42.2 Å². The van der Waals surface area contributed by atoms with E-state index in [4.69, 9.17) is 16.0 Å². The predicted molar refractivity (Wildman–Crippen MR) is 93.6 cm³/mol. The van der Waals surface area contributed by atoms with E-state index in [0.717, 1.165) is 30.3 Å². The molecule has 3 aromatic rings. The van der Waals surface area contributed by atoms with Gasteiger partial charge in [-0.1, -0.05) is 29.8 Å². The minimum absolute atomic E-state index is 0.152. The fourth-order valence-electron chi connectivity index (χ4n) is 2.53. The normalized spacial score (nSPS) is 12.1. The van der Waals surface area contributed by atoms with E-state index in [1.165, 1.54) is 18.2 Å². The highest BCUT2D eigenvalue weighted by Gasteiger charge is 2.34. The Balaban J connectivity index is 1.89. The molecular formula is C19H10ClF6NO2. The number of carbonyl (C=O) groups is 1. The second-order valence-corrected chi connectivity index (χ2v) is 6.26. The Morgan fingerprint density at radius 3 is 2.24 bits per heavy atom. The molecule has 0 spiro atoms. The fourth-order valence-corrected chi connectivity index (χ4v) is 2.70. The Morgan fingerprint density at radius 2 is 1.59 bits per heavy atom. The van der Waals surface area contributed by atoms with Crippen LogP contribution in [0.2, 0.25) is 5.02 Å². The van der Waals surface area contributed by atoms with Crippen molar-refractivity contribution in [3.63, 3.8) is 0 Å². The standard InChI is InChI=1S/C19H10ClF6NO2/c20-13-6-5-10(18(21,22)23)9-14(13)27-17(28)16-8-7-15(29-16)11-3-1-2-4-12(11)19(24,25)26/h1-9H,(H,27,28). The first-order valence-electron chi connectivity index (χ1n) is 7.91. The molecule has 0 aliphatic carbocycles. The zero-order chi connectivity index (χ0) is 21.4. The molecule has 0 aliphatic heterocycles. The third-order valence-electron chi connectivity index (χ3n) is 3.87. The summed E-state index contributed by atoms with van der Waals surface area (Å²) in [6.07, 6.45) is -9.29. The molecule has 29 heavy (non-hydrogen) atoms. The number of benzene rings is 2. The molecule has 1 heterocycles. The SMILES string of the molecule is O=C(Nc1cc(C(F)(F)F)ccc1Cl)c1ccc(-c2ccccc2C(F)(F)F)o1. The van der Waals surface area contributed by atoms with Crippen molar-refractivity contribution in [2.24, 2.45) is 0 Å². The minimum atomic E-state index is -4.65. The molecule has 0 radical (unpaired) electrons. The van der Waals surface area contributed by atoms with Crippen molar-refractivity contribution in [1.29, 1.82) is 0 Å². The first kappa shape index (κ1) is 20.8. The van der Waals surface area contributed by atoms with Crippen molar-refractivity contribution in [3.05, 3.63) is 76.5 Å². The van der Waals surface area contributed by atoms with Crippen LogP contribution in [0.3, 0.4) is 0 Å². The van der Waals surface area contributed by atoms with Gasteiger partial charge in [0.1, 0.15) is 5.76 Å². The van der Waals surface area contributed by atoms with Gasteiger partial charge in [0, 0.05) is 5.56 Å². The number of nitrogens with one attached hydrogen (secondary N) is 1. The number of halogens is 7. The second kappa shape index (κ2) is 7.47. The summed E-state index contributed by atoms with van der Waals surface area (Å²) in [6.45, 7) is 0. The summed E-state index contributed by atoms with van der Waals surface area (Å²) >= 11 is 5.81. The molecule has 1 aromatic heterocycles. The Labute approximate surface area is 164 Å². The van der Waals surface area contributed by atoms with Crippen molar-refractivity contribution in [1.82, 2.24) is 0 Å². The number of hydrogen-bond donors (Lipinski definition) is 1. The molecule has 1 N–H and O–H groups in total. The lowest BCUT2D eigenvalue weighted by Crippen LogP contribution is -2.13. The van der Waals surface area contributed by atoms with E-state index in [1.807, 2.05) is 0 Å². The molecule has 0 atom stereocenters. The van der Waals surface area contributed by atoms with Gasteiger partial charge in [-0.25, -0.2) is 0 Å². The highest BCUT2D eigenvalue weighted by Crippen LogP contribution is 2.38. The highest BCUT2D eigenvalue weighted by molar-refractivity contribution is 6.33. The highest BCUT2D eigenvalue weighted by atomic mass is 35.5. The summed E-state index contributed by atoms with van der Waals surface area (Å²) in [7, 11) is 0. The Hall–Kier alpha value is -2.94. The van der Waals surface area contributed by atoms with E-state index >= 15 is 0 Å². The molecule has 152 valence electrons. The van der Waals surface area contributed by atoms with Gasteiger partial charge in [0.15, 0.2) is 5.76 Å². The van der Waals surface area contributed by atoms with Gasteiger partial charge >= 0.3 is 12.4 Å². The molecular weight excluding hydrogens is 424 g/mol. The molecule has 3 nitrogen and oxygen atoms in total. The number of carbonyl (C=O) groups excluding carboxylic acids is 1. The number of alkyl halides is 6. The van der Waals surface area contributed by atoms with Gasteiger partial charge in [0.25, 0.3) is 5.91 Å². The van der Waals surface area contributed by atoms with E-state index in [-0.39, 0.29) is 22.0 Å². The Morgan fingerprint density at radius 1 is 0.897 bits per heavy atom. The Kier molecular flexibility index (Phi) is 5.36. The van der Waals surface area contributed by atoms with Crippen molar-refractivity contribution in [3.8, 4) is 11.3 Å². The van der Waals surface area contributed by atoms with Crippen molar-refractivity contribution < 1.29 is 35.6 Å². The zero-order valence-corrected chi connectivity index (χ0v) is 14.9. The summed E-state index contributed by atoms with van der Waals surface area (Å²) in [5.74, 6) is -1.59. The van der Waals surface area contributed by atoms with Crippen LogP contribution in [0.5, 0.6) is 0 Å². The van der Waals surface area contributed by atoms with Crippen LogP contribution in [-0.4, -0.2) is 5.91 Å². The van der Waals surface area contributed by atoms with Crippen LogP contribution < -0.4 is 5.32 Å². The molecule has 0 bridgehead atoms. The number of hydrogen-bond acceptors (Lipinski definition) is 2. The number of amides is 1. The maximum Gasteiger partial charge on any atom is 0.417 e. The summed E-state index contributed by atoms with van der Waals surface area (Å²) in [5.41, 5.74) is -2.59. The lowest BCUT2D eigenvalue weighted by molar-refractivity contribution is -0.138. The lowest BCUT2D eigenvalue weighted by Gasteiger charge is -2.11. The molecule has 3 rings (SSSR count). The van der Waals surface area contributed by atoms with Crippen LogP contribution in [-0.2, 0) is 12.4 Å². The van der Waals surface area contributed by atoms with Crippen LogP contribution in [0.4, 0.5) is 32.0 Å². The van der Waals surface area contributed by atoms with Crippen molar-refractivity contribution in [2.75, 3.05) is 5.32 Å². The first-order valence-corrected chi connectivity index (χ1v) is 8.29. The minimum Gasteiger partial charge on any atom is -0.451 e. The van der Waals surface area contributed by atoms with E-state index in [0.29, 0.717) is 6.07 Å².